The molecule has 0 unspecified atom stereocenters. The largest absolute Gasteiger partial charge is 0.420 e. The summed E-state index contributed by atoms with van der Waals surface area (Å²) >= 11 is 0. The Bertz CT molecular complexity index is 297. The van der Waals surface area contributed by atoms with Gasteiger partial charge in [0.2, 0.25) is 0 Å². The monoisotopic (exact) mass is 333 g/mol. The van der Waals surface area contributed by atoms with Crippen LogP contribution >= 0.6 is 0 Å². The maximum Gasteiger partial charge on any atom is 0.186 e. The van der Waals surface area contributed by atoms with Crippen LogP contribution in [0.1, 0.15) is 25.7 Å². The first-order valence-electron chi connectivity index (χ1n) is 8.05. The molecule has 6 heteroatoms. The molecule has 0 heterocycles. The van der Waals surface area contributed by atoms with E-state index in [0.717, 1.165) is 32.0 Å². The number of hydrogen-bond acceptors (Lipinski definition) is 4. The van der Waals surface area contributed by atoms with Crippen LogP contribution < -0.4 is 5.32 Å². The highest BCUT2D eigenvalue weighted by atomic mass is 28.4. The van der Waals surface area contributed by atoms with Crippen LogP contribution in [0.15, 0.2) is 0 Å². The number of ketones is 1. The number of Topliss-reactive ketones (excluding diaryl/α,β-unsaturated/α-hetero) is 1. The molecular formula is C15H35NO3Si2. The first-order chi connectivity index (χ1) is 9.72. The van der Waals surface area contributed by atoms with E-state index in [1.807, 2.05) is 7.11 Å². The second kappa shape index (κ2) is 10.7. The Morgan fingerprint density at radius 2 is 1.38 bits per heavy atom. The predicted octanol–water partition coefficient (Wildman–Crippen LogP) is 3.41. The summed E-state index contributed by atoms with van der Waals surface area (Å²) in [6.45, 7) is 10.7. The Hall–Kier alpha value is -0.0162. The van der Waals surface area contributed by atoms with E-state index in [2.05, 4.69) is 31.5 Å². The van der Waals surface area contributed by atoms with E-state index >= 15 is 0 Å². The fraction of sp³-hybridized carbons (Fsp3) is 0.933. The Balaban J connectivity index is 3.51. The number of carbonyl (C=O) groups is 1. The highest BCUT2D eigenvalue weighted by Gasteiger charge is 2.20. The zero-order chi connectivity index (χ0) is 16.4. The highest BCUT2D eigenvalue weighted by Crippen LogP contribution is 2.14. The molecule has 0 aromatic heterocycles. The lowest BCUT2D eigenvalue weighted by Crippen LogP contribution is -2.30. The van der Waals surface area contributed by atoms with Crippen molar-refractivity contribution in [3.8, 4) is 0 Å². The smallest absolute Gasteiger partial charge is 0.186 e. The topological polar surface area (TPSA) is 47.6 Å². The second-order valence-corrected chi connectivity index (χ2v) is 15.8. The molecule has 0 fully saturated rings. The fourth-order valence-electron chi connectivity index (χ4n) is 2.03. The lowest BCUT2D eigenvalue weighted by atomic mass is 10.2. The maximum atomic E-state index is 11.8. The van der Waals surface area contributed by atoms with Gasteiger partial charge < -0.3 is 14.2 Å². The average molecular weight is 334 g/mol. The van der Waals surface area contributed by atoms with Gasteiger partial charge in [0.15, 0.2) is 16.6 Å². The summed E-state index contributed by atoms with van der Waals surface area (Å²) in [5.41, 5.74) is 0. The minimum atomic E-state index is -1.49. The van der Waals surface area contributed by atoms with Crippen LogP contribution in [0.2, 0.25) is 38.3 Å². The van der Waals surface area contributed by atoms with Crippen LogP contribution in [0.3, 0.4) is 0 Å². The predicted molar refractivity (Wildman–Crippen MR) is 94.9 cm³/mol. The van der Waals surface area contributed by atoms with Crippen LogP contribution in [0, 0.1) is 0 Å². The molecule has 0 aliphatic carbocycles. The van der Waals surface area contributed by atoms with E-state index in [1.165, 1.54) is 6.04 Å². The van der Waals surface area contributed by atoms with Gasteiger partial charge in [-0.3, -0.25) is 4.79 Å². The molecule has 0 amide bonds. The molecule has 1 N–H and O–H groups in total. The number of rotatable bonds is 13. The third-order valence-corrected chi connectivity index (χ3v) is 9.38. The molecule has 0 aromatic rings. The van der Waals surface area contributed by atoms with Gasteiger partial charge in [0, 0.05) is 33.6 Å². The van der Waals surface area contributed by atoms with Crippen molar-refractivity contribution in [1.82, 2.24) is 5.32 Å². The molecule has 0 rings (SSSR count). The van der Waals surface area contributed by atoms with Crippen molar-refractivity contribution < 1.29 is 13.6 Å². The Kier molecular flexibility index (Phi) is 10.7. The summed E-state index contributed by atoms with van der Waals surface area (Å²) in [4.78, 5) is 11.8. The fourth-order valence-corrected chi connectivity index (χ4v) is 4.50. The summed E-state index contributed by atoms with van der Waals surface area (Å²) in [5, 5.41) is 3.36. The van der Waals surface area contributed by atoms with Gasteiger partial charge in [-0.2, -0.15) is 0 Å². The van der Waals surface area contributed by atoms with Crippen molar-refractivity contribution in [1.29, 1.82) is 0 Å². The van der Waals surface area contributed by atoms with Gasteiger partial charge in [-0.25, -0.2) is 0 Å². The number of nitrogens with one attached hydrogen (secondary N) is 1. The molecule has 4 nitrogen and oxygen atoms in total. The van der Waals surface area contributed by atoms with Crippen LogP contribution in [0.5, 0.6) is 0 Å². The molecule has 126 valence electrons. The van der Waals surface area contributed by atoms with Gasteiger partial charge in [-0.15, -0.1) is 0 Å². The molecule has 21 heavy (non-hydrogen) atoms. The lowest BCUT2D eigenvalue weighted by molar-refractivity contribution is -0.119. The van der Waals surface area contributed by atoms with Gasteiger partial charge >= 0.3 is 0 Å². The van der Waals surface area contributed by atoms with Crippen molar-refractivity contribution in [2.45, 2.75) is 64.0 Å². The van der Waals surface area contributed by atoms with Crippen LogP contribution in [0.4, 0.5) is 0 Å². The Morgan fingerprint density at radius 1 is 0.857 bits per heavy atom. The van der Waals surface area contributed by atoms with Crippen molar-refractivity contribution in [3.63, 3.8) is 0 Å². The second-order valence-electron chi connectivity index (χ2n) is 6.92. The maximum absolute atomic E-state index is 11.8. The zero-order valence-corrected chi connectivity index (χ0v) is 16.9. The minimum Gasteiger partial charge on any atom is -0.420 e. The molecule has 0 aromatic carbocycles. The summed E-state index contributed by atoms with van der Waals surface area (Å²) < 4.78 is 11.0. The summed E-state index contributed by atoms with van der Waals surface area (Å²) in [7, 11) is 0.691. The van der Waals surface area contributed by atoms with Gasteiger partial charge in [-0.05, 0) is 57.7 Å². The quantitative estimate of drug-likeness (QED) is 0.414. The van der Waals surface area contributed by atoms with Crippen LogP contribution in [-0.2, 0) is 13.6 Å². The third kappa shape index (κ3) is 12.2. The number of hydrogen-bond donors (Lipinski definition) is 1. The van der Waals surface area contributed by atoms with Crippen molar-refractivity contribution in [2.75, 3.05) is 27.3 Å². The van der Waals surface area contributed by atoms with Crippen molar-refractivity contribution >= 4 is 22.4 Å². The average Bonchev–Trinajstić information content (AvgIpc) is 2.42. The van der Waals surface area contributed by atoms with Crippen LogP contribution in [-0.4, -0.2) is 49.7 Å². The minimum absolute atomic E-state index is 0.370. The van der Waals surface area contributed by atoms with Crippen molar-refractivity contribution in [3.05, 3.63) is 0 Å². The molecule has 0 radical (unpaired) electrons. The van der Waals surface area contributed by atoms with E-state index in [0.29, 0.717) is 18.6 Å². The Labute approximate surface area is 133 Å². The first-order valence-corrected chi connectivity index (χ1v) is 14.3. The third-order valence-electron chi connectivity index (χ3n) is 4.05. The standard InChI is InChI=1S/C15H35NO3Si2/c1-18-20(3,4)13-7-9-15(17)10-12-16-11-8-14-21(5,6)19-2/h16H,7-14H2,1-6H3. The molecule has 0 saturated carbocycles. The van der Waals surface area contributed by atoms with Gasteiger partial charge in [0.05, 0.1) is 0 Å². The molecule has 0 bridgehead atoms. The van der Waals surface area contributed by atoms with E-state index in [4.69, 9.17) is 8.85 Å². The number of carbonyl (C=O) groups excluding carboxylic acids is 1. The summed E-state index contributed by atoms with van der Waals surface area (Å²) in [5.74, 6) is 0.370. The van der Waals surface area contributed by atoms with Gasteiger partial charge in [0.1, 0.15) is 5.78 Å². The zero-order valence-electron chi connectivity index (χ0n) is 14.9. The SMILES string of the molecule is CO[Si](C)(C)CCCNCCC(=O)CCC[Si](C)(C)OC. The lowest BCUT2D eigenvalue weighted by Gasteiger charge is -2.19. The molecule has 0 saturated heterocycles. The molecule has 0 aliphatic rings. The first kappa shape index (κ1) is 21.0. The van der Waals surface area contributed by atoms with E-state index < -0.39 is 16.6 Å². The van der Waals surface area contributed by atoms with Crippen LogP contribution in [0.25, 0.3) is 0 Å². The summed E-state index contributed by atoms with van der Waals surface area (Å²) in [6, 6.07) is 2.24. The summed E-state index contributed by atoms with van der Waals surface area (Å²) in [6.07, 6.45) is 3.46. The molecule has 0 aliphatic heterocycles. The molecule has 0 atom stereocenters. The van der Waals surface area contributed by atoms with E-state index in [9.17, 15) is 4.79 Å². The van der Waals surface area contributed by atoms with E-state index in [-0.39, 0.29) is 0 Å². The van der Waals surface area contributed by atoms with Gasteiger partial charge in [-0.1, -0.05) is 0 Å². The molecular weight excluding hydrogens is 298 g/mol. The molecule has 0 spiro atoms. The Morgan fingerprint density at radius 3 is 1.90 bits per heavy atom. The highest BCUT2D eigenvalue weighted by molar-refractivity contribution is 6.71. The van der Waals surface area contributed by atoms with Crippen molar-refractivity contribution in [2.24, 2.45) is 0 Å². The van der Waals surface area contributed by atoms with E-state index in [1.54, 1.807) is 7.11 Å². The normalized spacial score (nSPS) is 12.7. The van der Waals surface area contributed by atoms with Gasteiger partial charge in [0.25, 0.3) is 0 Å².